The predicted molar refractivity (Wildman–Crippen MR) is 78.0 cm³/mol. The summed E-state index contributed by atoms with van der Waals surface area (Å²) in [6.07, 6.45) is 2.85. The minimum atomic E-state index is 0.349. The Bertz CT molecular complexity index is 221. The first-order chi connectivity index (χ1) is 8.56. The average molecular weight is 256 g/mol. The molecule has 1 fully saturated rings. The molecular weight excluding hydrogens is 224 g/mol. The monoisotopic (exact) mass is 256 g/mol. The molecule has 0 radical (unpaired) electrons. The number of piperazine rings is 1. The van der Waals surface area contributed by atoms with E-state index in [1.165, 1.54) is 19.4 Å². The Labute approximate surface area is 113 Å². The van der Waals surface area contributed by atoms with Crippen LogP contribution in [-0.4, -0.2) is 49.3 Å². The fourth-order valence-electron chi connectivity index (χ4n) is 2.95. The predicted octanol–water partition coefficient (Wildman–Crippen LogP) is 2.51. The van der Waals surface area contributed by atoms with Crippen molar-refractivity contribution in [3.8, 4) is 0 Å². The van der Waals surface area contributed by atoms with Gasteiger partial charge in [-0.1, -0.05) is 20.8 Å². The molecule has 3 atom stereocenters. The summed E-state index contributed by atoms with van der Waals surface area (Å²) in [4.78, 5) is 2.63. The van der Waals surface area contributed by atoms with E-state index in [-0.39, 0.29) is 0 Å². The van der Waals surface area contributed by atoms with Crippen LogP contribution in [0.25, 0.3) is 0 Å². The fraction of sp³-hybridized carbons (Fsp3) is 1.00. The molecule has 1 N–H and O–H groups in total. The first-order valence-electron chi connectivity index (χ1n) is 7.65. The molecule has 3 nitrogen and oxygen atoms in total. The Morgan fingerprint density at radius 1 is 1.28 bits per heavy atom. The van der Waals surface area contributed by atoms with Crippen LogP contribution in [0.1, 0.15) is 47.5 Å². The molecule has 0 aromatic heterocycles. The lowest BCUT2D eigenvalue weighted by atomic mass is 9.98. The zero-order valence-corrected chi connectivity index (χ0v) is 12.9. The van der Waals surface area contributed by atoms with Crippen molar-refractivity contribution in [1.29, 1.82) is 0 Å². The van der Waals surface area contributed by atoms with Gasteiger partial charge >= 0.3 is 0 Å². The van der Waals surface area contributed by atoms with Gasteiger partial charge in [-0.05, 0) is 32.6 Å². The molecule has 1 aliphatic rings. The van der Waals surface area contributed by atoms with E-state index in [0.717, 1.165) is 25.6 Å². The third-order valence-corrected chi connectivity index (χ3v) is 3.78. The van der Waals surface area contributed by atoms with Gasteiger partial charge in [-0.25, -0.2) is 0 Å². The summed E-state index contributed by atoms with van der Waals surface area (Å²) >= 11 is 0. The Balaban J connectivity index is 2.48. The van der Waals surface area contributed by atoms with E-state index < -0.39 is 0 Å². The van der Waals surface area contributed by atoms with Gasteiger partial charge in [-0.3, -0.25) is 4.90 Å². The minimum Gasteiger partial charge on any atom is -0.377 e. The Morgan fingerprint density at radius 3 is 2.56 bits per heavy atom. The highest BCUT2D eigenvalue weighted by Crippen LogP contribution is 2.16. The first kappa shape index (κ1) is 15.9. The van der Waals surface area contributed by atoms with E-state index in [9.17, 15) is 0 Å². The van der Waals surface area contributed by atoms with Crippen molar-refractivity contribution in [3.63, 3.8) is 0 Å². The van der Waals surface area contributed by atoms with E-state index in [1.54, 1.807) is 0 Å². The van der Waals surface area contributed by atoms with Crippen LogP contribution < -0.4 is 5.32 Å². The molecule has 18 heavy (non-hydrogen) atoms. The molecule has 1 rings (SSSR count). The van der Waals surface area contributed by atoms with Gasteiger partial charge in [0.05, 0.1) is 6.10 Å². The van der Waals surface area contributed by atoms with Crippen LogP contribution in [0.4, 0.5) is 0 Å². The third kappa shape index (κ3) is 5.25. The SMILES string of the molecule is CCOC(C)CN1CC(CC(C)C)NCC1CC. The Hall–Kier alpha value is -0.120. The molecule has 1 saturated heterocycles. The highest BCUT2D eigenvalue weighted by molar-refractivity contribution is 4.86. The zero-order valence-electron chi connectivity index (χ0n) is 12.9. The van der Waals surface area contributed by atoms with E-state index in [4.69, 9.17) is 4.74 Å². The zero-order chi connectivity index (χ0) is 13.5. The normalized spacial score (nSPS) is 27.7. The van der Waals surface area contributed by atoms with Crippen molar-refractivity contribution < 1.29 is 4.74 Å². The second-order valence-corrected chi connectivity index (χ2v) is 6.02. The number of nitrogens with one attached hydrogen (secondary N) is 1. The van der Waals surface area contributed by atoms with Gasteiger partial charge in [0.2, 0.25) is 0 Å². The Kier molecular flexibility index (Phi) is 7.20. The molecule has 0 amide bonds. The third-order valence-electron chi connectivity index (χ3n) is 3.78. The molecule has 1 aliphatic heterocycles. The van der Waals surface area contributed by atoms with Crippen molar-refractivity contribution in [2.24, 2.45) is 5.92 Å². The lowest BCUT2D eigenvalue weighted by Crippen LogP contribution is -2.57. The maximum absolute atomic E-state index is 5.69. The van der Waals surface area contributed by atoms with E-state index in [2.05, 4.69) is 44.8 Å². The molecule has 0 aromatic rings. The second kappa shape index (κ2) is 8.13. The van der Waals surface area contributed by atoms with Crippen LogP contribution in [0, 0.1) is 5.92 Å². The molecule has 0 saturated carbocycles. The van der Waals surface area contributed by atoms with Gasteiger partial charge in [-0.2, -0.15) is 0 Å². The summed E-state index contributed by atoms with van der Waals surface area (Å²) in [6.45, 7) is 15.4. The van der Waals surface area contributed by atoms with Crippen molar-refractivity contribution in [2.45, 2.75) is 65.6 Å². The van der Waals surface area contributed by atoms with Crippen LogP contribution in [0.5, 0.6) is 0 Å². The van der Waals surface area contributed by atoms with Gasteiger partial charge in [0.1, 0.15) is 0 Å². The van der Waals surface area contributed by atoms with Gasteiger partial charge < -0.3 is 10.1 Å². The van der Waals surface area contributed by atoms with Crippen molar-refractivity contribution in [1.82, 2.24) is 10.2 Å². The quantitative estimate of drug-likeness (QED) is 0.757. The number of ether oxygens (including phenoxy) is 1. The molecule has 0 aliphatic carbocycles. The van der Waals surface area contributed by atoms with Crippen molar-refractivity contribution >= 4 is 0 Å². The van der Waals surface area contributed by atoms with Crippen molar-refractivity contribution in [2.75, 3.05) is 26.2 Å². The summed E-state index contributed by atoms with van der Waals surface area (Å²) in [5, 5.41) is 3.70. The summed E-state index contributed by atoms with van der Waals surface area (Å²) in [5.74, 6) is 0.770. The van der Waals surface area contributed by atoms with E-state index in [1.807, 2.05) is 0 Å². The Morgan fingerprint density at radius 2 is 2.00 bits per heavy atom. The molecule has 3 unspecified atom stereocenters. The molecule has 3 heteroatoms. The van der Waals surface area contributed by atoms with Crippen LogP contribution in [0.15, 0.2) is 0 Å². The van der Waals surface area contributed by atoms with Gasteiger partial charge in [-0.15, -0.1) is 0 Å². The van der Waals surface area contributed by atoms with E-state index >= 15 is 0 Å². The van der Waals surface area contributed by atoms with Crippen LogP contribution >= 0.6 is 0 Å². The highest BCUT2D eigenvalue weighted by atomic mass is 16.5. The van der Waals surface area contributed by atoms with Gasteiger partial charge in [0.25, 0.3) is 0 Å². The van der Waals surface area contributed by atoms with E-state index in [0.29, 0.717) is 18.2 Å². The molecule has 0 spiro atoms. The highest BCUT2D eigenvalue weighted by Gasteiger charge is 2.27. The molecule has 1 heterocycles. The summed E-state index contributed by atoms with van der Waals surface area (Å²) < 4.78 is 5.69. The van der Waals surface area contributed by atoms with Gasteiger partial charge in [0, 0.05) is 38.3 Å². The van der Waals surface area contributed by atoms with Crippen LogP contribution in [0.2, 0.25) is 0 Å². The minimum absolute atomic E-state index is 0.349. The van der Waals surface area contributed by atoms with Crippen LogP contribution in [0.3, 0.4) is 0 Å². The maximum Gasteiger partial charge on any atom is 0.0673 e. The number of hydrogen-bond acceptors (Lipinski definition) is 3. The number of nitrogens with zero attached hydrogens (tertiary/aromatic N) is 1. The van der Waals surface area contributed by atoms with Crippen LogP contribution in [-0.2, 0) is 4.74 Å². The molecule has 108 valence electrons. The molecule has 0 bridgehead atoms. The summed E-state index contributed by atoms with van der Waals surface area (Å²) in [7, 11) is 0. The average Bonchev–Trinajstić information content (AvgIpc) is 2.28. The lowest BCUT2D eigenvalue weighted by molar-refractivity contribution is 0.0178. The lowest BCUT2D eigenvalue weighted by Gasteiger charge is -2.41. The number of hydrogen-bond donors (Lipinski definition) is 1. The van der Waals surface area contributed by atoms with Crippen molar-refractivity contribution in [3.05, 3.63) is 0 Å². The fourth-order valence-corrected chi connectivity index (χ4v) is 2.95. The molecular formula is C15H32N2O. The standard InChI is InChI=1S/C15H32N2O/c1-6-15-9-16-14(8-12(3)4)11-17(15)10-13(5)18-7-2/h12-16H,6-11H2,1-5H3. The topological polar surface area (TPSA) is 24.5 Å². The second-order valence-electron chi connectivity index (χ2n) is 6.02. The number of rotatable bonds is 7. The summed E-state index contributed by atoms with van der Waals surface area (Å²) in [6, 6.07) is 1.33. The maximum atomic E-state index is 5.69. The van der Waals surface area contributed by atoms with Gasteiger partial charge in [0.15, 0.2) is 0 Å². The smallest absolute Gasteiger partial charge is 0.0673 e. The molecule has 0 aromatic carbocycles. The summed E-state index contributed by atoms with van der Waals surface area (Å²) in [5.41, 5.74) is 0. The first-order valence-corrected chi connectivity index (χ1v) is 7.65. The largest absolute Gasteiger partial charge is 0.377 e.